The number of hydrogen-bond acceptors (Lipinski definition) is 3. The van der Waals surface area contributed by atoms with Crippen molar-refractivity contribution in [3.05, 3.63) is 65.2 Å². The van der Waals surface area contributed by atoms with Crippen LogP contribution in [0.1, 0.15) is 37.2 Å². The van der Waals surface area contributed by atoms with Crippen molar-refractivity contribution in [2.24, 2.45) is 5.10 Å². The number of hydrogen-bond donors (Lipinski definition) is 1. The number of nitrogens with zero attached hydrogens (tertiary/aromatic N) is 1. The van der Waals surface area contributed by atoms with Crippen LogP contribution in [0.25, 0.3) is 0 Å². The third kappa shape index (κ3) is 4.16. The van der Waals surface area contributed by atoms with Crippen LogP contribution in [0.3, 0.4) is 0 Å². The van der Waals surface area contributed by atoms with E-state index in [9.17, 15) is 8.42 Å². The smallest absolute Gasteiger partial charge is 0.200 e. The number of sulfonamides is 1. The molecular weight excluding hydrogens is 344 g/mol. The van der Waals surface area contributed by atoms with E-state index in [1.165, 1.54) is 17.7 Å². The van der Waals surface area contributed by atoms with Crippen LogP contribution in [-0.4, -0.2) is 14.1 Å². The summed E-state index contributed by atoms with van der Waals surface area (Å²) in [6, 6.07) is 16.5. The van der Waals surface area contributed by atoms with Gasteiger partial charge in [0.1, 0.15) is 0 Å². The van der Waals surface area contributed by atoms with Gasteiger partial charge in [-0.25, -0.2) is 4.83 Å². The van der Waals surface area contributed by atoms with Crippen LogP contribution in [0, 0.1) is 0 Å². The number of nitrogens with one attached hydrogen (secondary N) is 1. The van der Waals surface area contributed by atoms with Gasteiger partial charge >= 0.3 is 0 Å². The van der Waals surface area contributed by atoms with Crippen LogP contribution in [0.4, 0.5) is 0 Å². The molecule has 6 heteroatoms. The Bertz CT molecular complexity index is 808. The third-order valence-corrected chi connectivity index (χ3v) is 5.76. The SMILES string of the molecule is O=S(=O)(NN=C1CCC(c2ccccc2)CC1)c1ccc(Cl)cc1. The minimum absolute atomic E-state index is 0.161. The minimum atomic E-state index is -3.64. The standard InChI is InChI=1S/C18H19ClN2O2S/c19-16-8-12-18(13-9-16)24(22,23)21-20-17-10-6-15(7-11-17)14-4-2-1-3-5-14/h1-5,8-9,12-13,15,21H,6-7,10-11H2. The van der Waals surface area contributed by atoms with E-state index in [2.05, 4.69) is 34.2 Å². The molecule has 2 aromatic rings. The van der Waals surface area contributed by atoms with Crippen molar-refractivity contribution in [3.63, 3.8) is 0 Å². The molecule has 0 radical (unpaired) electrons. The van der Waals surface area contributed by atoms with Crippen LogP contribution in [-0.2, 0) is 10.0 Å². The molecule has 2 aromatic carbocycles. The van der Waals surface area contributed by atoms with E-state index >= 15 is 0 Å². The molecule has 1 aliphatic rings. The third-order valence-electron chi connectivity index (χ3n) is 4.28. The first-order valence-corrected chi connectivity index (χ1v) is 9.78. The van der Waals surface area contributed by atoms with Crippen molar-refractivity contribution in [3.8, 4) is 0 Å². The highest BCUT2D eigenvalue weighted by Crippen LogP contribution is 2.31. The van der Waals surface area contributed by atoms with E-state index in [1.54, 1.807) is 12.1 Å². The van der Waals surface area contributed by atoms with Gasteiger partial charge in [-0.2, -0.15) is 13.5 Å². The lowest BCUT2D eigenvalue weighted by Gasteiger charge is -2.23. The summed E-state index contributed by atoms with van der Waals surface area (Å²) in [7, 11) is -3.64. The first-order valence-electron chi connectivity index (χ1n) is 7.92. The normalized spacial score (nSPS) is 18.2. The van der Waals surface area contributed by atoms with Gasteiger partial charge in [-0.1, -0.05) is 41.9 Å². The summed E-state index contributed by atoms with van der Waals surface area (Å²) in [6.07, 6.45) is 3.60. The molecule has 4 nitrogen and oxygen atoms in total. The number of benzene rings is 2. The van der Waals surface area contributed by atoms with Crippen molar-refractivity contribution in [2.45, 2.75) is 36.5 Å². The van der Waals surface area contributed by atoms with Crippen LogP contribution in [0.15, 0.2) is 64.6 Å². The molecule has 126 valence electrons. The van der Waals surface area contributed by atoms with E-state index in [-0.39, 0.29) is 4.90 Å². The van der Waals surface area contributed by atoms with Gasteiger partial charge in [0, 0.05) is 10.7 Å². The number of rotatable bonds is 4. The zero-order valence-electron chi connectivity index (χ0n) is 13.2. The average molecular weight is 363 g/mol. The molecule has 0 spiro atoms. The van der Waals surface area contributed by atoms with Crippen molar-refractivity contribution in [2.75, 3.05) is 0 Å². The molecule has 1 saturated carbocycles. The van der Waals surface area contributed by atoms with Gasteiger partial charge in [0.05, 0.1) is 4.90 Å². The van der Waals surface area contributed by atoms with Crippen LogP contribution < -0.4 is 4.83 Å². The van der Waals surface area contributed by atoms with E-state index in [0.717, 1.165) is 31.4 Å². The van der Waals surface area contributed by atoms with Gasteiger partial charge in [-0.15, -0.1) is 0 Å². The Morgan fingerprint density at radius 3 is 2.21 bits per heavy atom. The summed E-state index contributed by atoms with van der Waals surface area (Å²) in [4.78, 5) is 2.50. The molecule has 0 aromatic heterocycles. The molecule has 0 saturated heterocycles. The van der Waals surface area contributed by atoms with Gasteiger partial charge in [0.25, 0.3) is 10.0 Å². The maximum Gasteiger partial charge on any atom is 0.276 e. The molecular formula is C18H19ClN2O2S. The summed E-state index contributed by atoms with van der Waals surface area (Å²) >= 11 is 5.78. The highest BCUT2D eigenvalue weighted by molar-refractivity contribution is 7.89. The second kappa shape index (κ2) is 7.36. The summed E-state index contributed by atoms with van der Waals surface area (Å²) in [6.45, 7) is 0. The predicted molar refractivity (Wildman–Crippen MR) is 96.9 cm³/mol. The van der Waals surface area contributed by atoms with Gasteiger partial charge in [-0.05, 0) is 61.4 Å². The Hall–Kier alpha value is -1.85. The fraction of sp³-hybridized carbons (Fsp3) is 0.278. The maximum atomic E-state index is 12.2. The van der Waals surface area contributed by atoms with Gasteiger partial charge in [-0.3, -0.25) is 0 Å². The summed E-state index contributed by atoms with van der Waals surface area (Å²) in [5.41, 5.74) is 2.25. The van der Waals surface area contributed by atoms with Crippen LogP contribution in [0.5, 0.6) is 0 Å². The fourth-order valence-corrected chi connectivity index (χ4v) is 3.89. The zero-order chi connectivity index (χ0) is 17.0. The second-order valence-corrected chi connectivity index (χ2v) is 8.01. The molecule has 0 amide bonds. The molecule has 0 bridgehead atoms. The Morgan fingerprint density at radius 1 is 0.958 bits per heavy atom. The lowest BCUT2D eigenvalue weighted by Crippen LogP contribution is -2.22. The number of hydrazone groups is 1. The van der Waals surface area contributed by atoms with E-state index in [1.807, 2.05) is 6.07 Å². The van der Waals surface area contributed by atoms with Gasteiger partial charge in [0.2, 0.25) is 0 Å². The van der Waals surface area contributed by atoms with Crippen molar-refractivity contribution >= 4 is 27.3 Å². The molecule has 0 aliphatic heterocycles. The quantitative estimate of drug-likeness (QED) is 0.823. The molecule has 24 heavy (non-hydrogen) atoms. The van der Waals surface area contributed by atoms with E-state index < -0.39 is 10.0 Å². The highest BCUT2D eigenvalue weighted by atomic mass is 35.5. The zero-order valence-corrected chi connectivity index (χ0v) is 14.7. The van der Waals surface area contributed by atoms with E-state index in [0.29, 0.717) is 10.9 Å². The first kappa shape index (κ1) is 17.0. The fourth-order valence-electron chi connectivity index (χ4n) is 2.91. The Kier molecular flexibility index (Phi) is 5.21. The molecule has 1 aliphatic carbocycles. The molecule has 0 unspecified atom stereocenters. The molecule has 1 N–H and O–H groups in total. The van der Waals surface area contributed by atoms with Crippen molar-refractivity contribution < 1.29 is 8.42 Å². The minimum Gasteiger partial charge on any atom is -0.200 e. The molecule has 0 atom stereocenters. The van der Waals surface area contributed by atoms with Gasteiger partial charge < -0.3 is 0 Å². The largest absolute Gasteiger partial charge is 0.276 e. The monoisotopic (exact) mass is 362 g/mol. The summed E-state index contributed by atoms with van der Waals surface area (Å²) < 4.78 is 24.4. The Labute approximate surface area is 147 Å². The topological polar surface area (TPSA) is 58.5 Å². The molecule has 1 fully saturated rings. The van der Waals surface area contributed by atoms with Crippen molar-refractivity contribution in [1.82, 2.24) is 4.83 Å². The van der Waals surface area contributed by atoms with Crippen LogP contribution in [0.2, 0.25) is 5.02 Å². The molecule has 0 heterocycles. The summed E-state index contributed by atoms with van der Waals surface area (Å²) in [5.74, 6) is 0.526. The maximum absolute atomic E-state index is 12.2. The van der Waals surface area contributed by atoms with E-state index in [4.69, 9.17) is 11.6 Å². The lowest BCUT2D eigenvalue weighted by molar-refractivity contribution is 0.560. The predicted octanol–water partition coefficient (Wildman–Crippen LogP) is 4.33. The second-order valence-electron chi connectivity index (χ2n) is 5.91. The highest BCUT2D eigenvalue weighted by Gasteiger charge is 2.20. The van der Waals surface area contributed by atoms with Gasteiger partial charge in [0.15, 0.2) is 0 Å². The number of halogens is 1. The lowest BCUT2D eigenvalue weighted by atomic mass is 9.83. The first-order chi connectivity index (χ1) is 11.5. The summed E-state index contributed by atoms with van der Waals surface area (Å²) in [5, 5.41) is 4.63. The molecule has 3 rings (SSSR count). The van der Waals surface area contributed by atoms with Crippen LogP contribution >= 0.6 is 11.6 Å². The Balaban J connectivity index is 1.61. The Morgan fingerprint density at radius 2 is 1.58 bits per heavy atom. The average Bonchev–Trinajstić information content (AvgIpc) is 2.62. The van der Waals surface area contributed by atoms with Crippen molar-refractivity contribution in [1.29, 1.82) is 0 Å².